The van der Waals surface area contributed by atoms with Crippen LogP contribution in [-0.4, -0.2) is 4.98 Å². The topological polar surface area (TPSA) is 12.9 Å². The molecule has 0 radical (unpaired) electrons. The molecule has 1 nitrogen and oxygen atoms in total. The van der Waals surface area contributed by atoms with Crippen LogP contribution in [0.2, 0.25) is 5.02 Å². The predicted octanol–water partition coefficient (Wildman–Crippen LogP) is 5.03. The highest BCUT2D eigenvalue weighted by Gasteiger charge is 2.11. The number of halogens is 3. The minimum atomic E-state index is 0.721. The Morgan fingerprint density at radius 2 is 1.93 bits per heavy atom. The Kier molecular flexibility index (Phi) is 3.06. The van der Waals surface area contributed by atoms with Gasteiger partial charge in [-0.3, -0.25) is 4.98 Å². The zero-order valence-corrected chi connectivity index (χ0v) is 12.2. The minimum Gasteiger partial charge on any atom is -0.255 e. The third-order valence-corrected chi connectivity index (χ3v) is 4.85. The van der Waals surface area contributed by atoms with E-state index in [1.807, 2.05) is 19.9 Å². The maximum atomic E-state index is 6.25. The average Bonchev–Trinajstić information content (AvgIpc) is 2.20. The molecule has 78 valence electrons. The third kappa shape index (κ3) is 1.81. The summed E-state index contributed by atoms with van der Waals surface area (Å²) in [6, 6.07) is 2.03. The van der Waals surface area contributed by atoms with Crippen molar-refractivity contribution in [1.29, 1.82) is 0 Å². The second-order valence-corrected chi connectivity index (χ2v) is 5.47. The maximum Gasteiger partial charge on any atom is 0.0723 e. The molecule has 0 aliphatic rings. The number of pyridine rings is 1. The first-order valence-corrected chi connectivity index (χ1v) is 6.38. The first-order chi connectivity index (χ1) is 7.02. The molecule has 0 fully saturated rings. The van der Waals surface area contributed by atoms with Gasteiger partial charge >= 0.3 is 0 Å². The van der Waals surface area contributed by atoms with Crippen molar-refractivity contribution in [2.45, 2.75) is 13.8 Å². The Morgan fingerprint density at radius 1 is 1.27 bits per heavy atom. The zero-order valence-electron chi connectivity index (χ0n) is 8.24. The van der Waals surface area contributed by atoms with Crippen molar-refractivity contribution in [3.05, 3.63) is 37.4 Å². The molecule has 0 amide bonds. The number of aromatic nitrogens is 1. The van der Waals surface area contributed by atoms with Crippen molar-refractivity contribution in [3.63, 3.8) is 0 Å². The fraction of sp³-hybridized carbons (Fsp3) is 0.182. The van der Waals surface area contributed by atoms with Crippen LogP contribution in [0.4, 0.5) is 0 Å². The molecule has 2 rings (SSSR count). The molecule has 4 heteroatoms. The summed E-state index contributed by atoms with van der Waals surface area (Å²) < 4.78 is 1.92. The Balaban J connectivity index is 3.00. The molecule has 0 atom stereocenters. The van der Waals surface area contributed by atoms with Gasteiger partial charge in [-0.2, -0.15) is 0 Å². The molecular formula is C11H8Br2ClN. The lowest BCUT2D eigenvalue weighted by Crippen LogP contribution is -1.89. The van der Waals surface area contributed by atoms with E-state index in [-0.39, 0.29) is 0 Å². The van der Waals surface area contributed by atoms with E-state index in [9.17, 15) is 0 Å². The van der Waals surface area contributed by atoms with Gasteiger partial charge in [0.25, 0.3) is 0 Å². The second kappa shape index (κ2) is 4.04. The van der Waals surface area contributed by atoms with Gasteiger partial charge in [0.15, 0.2) is 0 Å². The van der Waals surface area contributed by atoms with Crippen LogP contribution < -0.4 is 0 Å². The second-order valence-electron chi connectivity index (χ2n) is 3.45. The molecule has 0 saturated heterocycles. The van der Waals surface area contributed by atoms with Crippen molar-refractivity contribution in [2.24, 2.45) is 0 Å². The Morgan fingerprint density at radius 3 is 2.60 bits per heavy atom. The lowest BCUT2D eigenvalue weighted by Gasteiger charge is -2.09. The quantitative estimate of drug-likeness (QED) is 0.650. The first-order valence-electron chi connectivity index (χ1n) is 4.41. The molecule has 0 saturated carbocycles. The normalized spacial score (nSPS) is 11.0. The van der Waals surface area contributed by atoms with Crippen molar-refractivity contribution in [1.82, 2.24) is 4.98 Å². The summed E-state index contributed by atoms with van der Waals surface area (Å²) in [6.45, 7) is 4.09. The third-order valence-electron chi connectivity index (χ3n) is 2.41. The average molecular weight is 349 g/mol. The number of benzene rings is 1. The van der Waals surface area contributed by atoms with Crippen LogP contribution in [0.3, 0.4) is 0 Å². The maximum absolute atomic E-state index is 6.25. The number of nitrogens with zero attached hydrogens (tertiary/aromatic N) is 1. The SMILES string of the molecule is Cc1cc2ncc(Br)c(Cl)c2c(C)c1Br. The highest BCUT2D eigenvalue weighted by atomic mass is 79.9. The van der Waals surface area contributed by atoms with Gasteiger partial charge < -0.3 is 0 Å². The molecule has 1 aromatic heterocycles. The van der Waals surface area contributed by atoms with E-state index in [0.717, 1.165) is 30.4 Å². The summed E-state index contributed by atoms with van der Waals surface area (Å²) in [5, 5.41) is 1.72. The van der Waals surface area contributed by atoms with Crippen LogP contribution in [-0.2, 0) is 0 Å². The molecule has 0 N–H and O–H groups in total. The van der Waals surface area contributed by atoms with Crippen LogP contribution in [0.15, 0.2) is 21.2 Å². The molecule has 1 aromatic carbocycles. The van der Waals surface area contributed by atoms with E-state index in [1.165, 1.54) is 5.56 Å². The van der Waals surface area contributed by atoms with Gasteiger partial charge in [0.2, 0.25) is 0 Å². The van der Waals surface area contributed by atoms with Gasteiger partial charge in [-0.25, -0.2) is 0 Å². The Labute approximate surface area is 110 Å². The highest BCUT2D eigenvalue weighted by molar-refractivity contribution is 9.11. The van der Waals surface area contributed by atoms with Crippen molar-refractivity contribution in [3.8, 4) is 0 Å². The van der Waals surface area contributed by atoms with E-state index < -0.39 is 0 Å². The number of aryl methyl sites for hydroxylation is 2. The minimum absolute atomic E-state index is 0.721. The van der Waals surface area contributed by atoms with Gasteiger partial charge in [0.05, 0.1) is 15.0 Å². The van der Waals surface area contributed by atoms with E-state index >= 15 is 0 Å². The summed E-state index contributed by atoms with van der Waals surface area (Å²) in [6.07, 6.45) is 1.73. The fourth-order valence-electron chi connectivity index (χ4n) is 1.62. The van der Waals surface area contributed by atoms with E-state index in [2.05, 4.69) is 36.8 Å². The molecule has 15 heavy (non-hydrogen) atoms. The molecule has 0 spiro atoms. The van der Waals surface area contributed by atoms with Gasteiger partial charge in [-0.1, -0.05) is 27.5 Å². The Bertz CT molecular complexity index is 552. The van der Waals surface area contributed by atoms with E-state index in [0.29, 0.717) is 0 Å². The molecule has 0 bridgehead atoms. The van der Waals surface area contributed by atoms with Crippen molar-refractivity contribution >= 4 is 54.4 Å². The smallest absolute Gasteiger partial charge is 0.0723 e. The van der Waals surface area contributed by atoms with Crippen LogP contribution in [0.5, 0.6) is 0 Å². The summed E-state index contributed by atoms with van der Waals surface area (Å²) in [5.41, 5.74) is 3.23. The van der Waals surface area contributed by atoms with Crippen molar-refractivity contribution < 1.29 is 0 Å². The van der Waals surface area contributed by atoms with Crippen molar-refractivity contribution in [2.75, 3.05) is 0 Å². The number of hydrogen-bond donors (Lipinski definition) is 0. The molecule has 1 heterocycles. The molecular weight excluding hydrogens is 341 g/mol. The van der Waals surface area contributed by atoms with Gasteiger partial charge in [0.1, 0.15) is 0 Å². The van der Waals surface area contributed by atoms with Crippen LogP contribution in [0, 0.1) is 13.8 Å². The van der Waals surface area contributed by atoms with Crippen LogP contribution in [0.1, 0.15) is 11.1 Å². The van der Waals surface area contributed by atoms with Gasteiger partial charge in [-0.05, 0) is 47.0 Å². The number of fused-ring (bicyclic) bond motifs is 1. The van der Waals surface area contributed by atoms with E-state index in [4.69, 9.17) is 11.6 Å². The lowest BCUT2D eigenvalue weighted by molar-refractivity contribution is 1.32. The Hall–Kier alpha value is -0.120. The predicted molar refractivity (Wildman–Crippen MR) is 71.6 cm³/mol. The van der Waals surface area contributed by atoms with Gasteiger partial charge in [0, 0.05) is 16.1 Å². The standard InChI is InChI=1S/C11H8Br2ClN/c1-5-3-8-9(6(2)10(5)13)11(14)7(12)4-15-8/h3-4H,1-2H3. The first kappa shape index (κ1) is 11.4. The van der Waals surface area contributed by atoms with Crippen LogP contribution >= 0.6 is 43.5 Å². The summed E-state index contributed by atoms with van der Waals surface area (Å²) in [7, 11) is 0. The summed E-state index contributed by atoms with van der Waals surface area (Å²) in [5.74, 6) is 0. The largest absolute Gasteiger partial charge is 0.255 e. The highest BCUT2D eigenvalue weighted by Crippen LogP contribution is 2.36. The fourth-order valence-corrected chi connectivity index (χ4v) is 2.52. The number of hydrogen-bond acceptors (Lipinski definition) is 1. The zero-order chi connectivity index (χ0) is 11.2. The molecule has 2 aromatic rings. The molecule has 0 aliphatic heterocycles. The van der Waals surface area contributed by atoms with E-state index in [1.54, 1.807) is 6.20 Å². The molecule has 0 unspecified atom stereocenters. The van der Waals surface area contributed by atoms with Gasteiger partial charge in [-0.15, -0.1) is 0 Å². The summed E-state index contributed by atoms with van der Waals surface area (Å²) >= 11 is 13.2. The molecule has 0 aliphatic carbocycles. The lowest BCUT2D eigenvalue weighted by atomic mass is 10.1. The summed E-state index contributed by atoms with van der Waals surface area (Å²) in [4.78, 5) is 4.35. The monoisotopic (exact) mass is 347 g/mol. The number of rotatable bonds is 0. The van der Waals surface area contributed by atoms with Crippen LogP contribution in [0.25, 0.3) is 10.9 Å².